The number of aryl methyl sites for hydroxylation is 1. The molecule has 0 spiro atoms. The second kappa shape index (κ2) is 6.55. The largest absolute Gasteiger partial charge is 0.376 e. The molecular formula is C18H23N5O2. The third-order valence-electron chi connectivity index (χ3n) is 4.99. The first-order valence-electron chi connectivity index (χ1n) is 8.84. The van der Waals surface area contributed by atoms with Gasteiger partial charge in [-0.2, -0.15) is 5.10 Å². The summed E-state index contributed by atoms with van der Waals surface area (Å²) in [5, 5.41) is 7.16. The van der Waals surface area contributed by atoms with Crippen LogP contribution in [0.15, 0.2) is 18.3 Å². The summed E-state index contributed by atoms with van der Waals surface area (Å²) in [6.45, 7) is 3.08. The number of H-pyrrole nitrogens is 1. The Bertz CT molecular complexity index is 770. The molecule has 3 heterocycles. The van der Waals surface area contributed by atoms with E-state index in [1.54, 1.807) is 11.1 Å². The van der Waals surface area contributed by atoms with E-state index in [1.807, 2.05) is 26.1 Å². The molecule has 25 heavy (non-hydrogen) atoms. The predicted octanol–water partition coefficient (Wildman–Crippen LogP) is 2.03. The van der Waals surface area contributed by atoms with Crippen molar-refractivity contribution in [2.75, 3.05) is 20.2 Å². The molecule has 4 rings (SSSR count). The highest BCUT2D eigenvalue weighted by Gasteiger charge is 2.35. The molecule has 1 amide bonds. The Morgan fingerprint density at radius 1 is 1.40 bits per heavy atom. The molecule has 2 fully saturated rings. The first-order chi connectivity index (χ1) is 12.1. The molecule has 1 saturated heterocycles. The van der Waals surface area contributed by atoms with Crippen LogP contribution in [0, 0.1) is 6.92 Å². The van der Waals surface area contributed by atoms with Crippen molar-refractivity contribution in [3.63, 3.8) is 0 Å². The number of carbonyl (C=O) groups is 1. The number of ether oxygens (including phenoxy) is 1. The number of pyridine rings is 1. The SMILES string of the molecule is Cc1nc([C@@H]2CCO[C@@H]2CN(C)C(=O)c2cccnc2C2CC2)n[nH]1. The van der Waals surface area contributed by atoms with E-state index in [4.69, 9.17) is 4.74 Å². The van der Waals surface area contributed by atoms with Gasteiger partial charge in [0.25, 0.3) is 5.91 Å². The van der Waals surface area contributed by atoms with Crippen LogP contribution >= 0.6 is 0 Å². The molecule has 1 saturated carbocycles. The van der Waals surface area contributed by atoms with Crippen LogP contribution in [-0.4, -0.2) is 57.3 Å². The van der Waals surface area contributed by atoms with Crippen LogP contribution in [0.2, 0.25) is 0 Å². The van der Waals surface area contributed by atoms with E-state index in [0.717, 1.165) is 42.2 Å². The molecule has 2 aromatic rings. The second-order valence-corrected chi connectivity index (χ2v) is 6.98. The molecule has 0 radical (unpaired) electrons. The van der Waals surface area contributed by atoms with Gasteiger partial charge >= 0.3 is 0 Å². The van der Waals surface area contributed by atoms with E-state index >= 15 is 0 Å². The lowest BCUT2D eigenvalue weighted by atomic mass is 10.00. The third-order valence-corrected chi connectivity index (χ3v) is 4.99. The van der Waals surface area contributed by atoms with Gasteiger partial charge in [-0.3, -0.25) is 14.9 Å². The number of hydrogen-bond acceptors (Lipinski definition) is 5. The zero-order chi connectivity index (χ0) is 17.4. The molecule has 2 aromatic heterocycles. The minimum absolute atomic E-state index is 0.00965. The van der Waals surface area contributed by atoms with E-state index in [-0.39, 0.29) is 17.9 Å². The quantitative estimate of drug-likeness (QED) is 0.899. The van der Waals surface area contributed by atoms with Gasteiger partial charge in [-0.25, -0.2) is 4.98 Å². The molecule has 0 aromatic carbocycles. The van der Waals surface area contributed by atoms with Crippen LogP contribution < -0.4 is 0 Å². The molecule has 0 unspecified atom stereocenters. The molecule has 1 aliphatic heterocycles. The Balaban J connectivity index is 1.48. The fourth-order valence-corrected chi connectivity index (χ4v) is 3.49. The highest BCUT2D eigenvalue weighted by Crippen LogP contribution is 2.40. The van der Waals surface area contributed by atoms with Crippen molar-refractivity contribution in [1.29, 1.82) is 0 Å². The number of aromatic amines is 1. The Morgan fingerprint density at radius 3 is 2.96 bits per heavy atom. The number of aromatic nitrogens is 4. The molecule has 7 nitrogen and oxygen atoms in total. The number of amides is 1. The topological polar surface area (TPSA) is 84.0 Å². The van der Waals surface area contributed by atoms with Crippen molar-refractivity contribution in [1.82, 2.24) is 25.1 Å². The van der Waals surface area contributed by atoms with Gasteiger partial charge in [0.2, 0.25) is 0 Å². The normalized spacial score (nSPS) is 23.0. The van der Waals surface area contributed by atoms with Gasteiger partial charge in [0, 0.05) is 32.3 Å². The molecule has 2 atom stereocenters. The summed E-state index contributed by atoms with van der Waals surface area (Å²) in [6, 6.07) is 3.71. The molecule has 1 N–H and O–H groups in total. The first-order valence-corrected chi connectivity index (χ1v) is 8.84. The number of nitrogens with zero attached hydrogens (tertiary/aromatic N) is 4. The number of rotatable bonds is 5. The van der Waals surface area contributed by atoms with E-state index in [9.17, 15) is 4.79 Å². The zero-order valence-electron chi connectivity index (χ0n) is 14.6. The maximum Gasteiger partial charge on any atom is 0.255 e. The average Bonchev–Trinajstić information content (AvgIpc) is 3.22. The second-order valence-electron chi connectivity index (χ2n) is 6.98. The smallest absolute Gasteiger partial charge is 0.255 e. The fourth-order valence-electron chi connectivity index (χ4n) is 3.49. The van der Waals surface area contributed by atoms with Gasteiger partial charge < -0.3 is 9.64 Å². The summed E-state index contributed by atoms with van der Waals surface area (Å²) in [7, 11) is 1.83. The van der Waals surface area contributed by atoms with Crippen molar-refractivity contribution >= 4 is 5.91 Å². The number of carbonyl (C=O) groups excluding carboxylic acids is 1. The van der Waals surface area contributed by atoms with E-state index in [2.05, 4.69) is 20.2 Å². The molecule has 2 aliphatic rings. The Kier molecular flexibility index (Phi) is 4.25. The average molecular weight is 341 g/mol. The first kappa shape index (κ1) is 16.2. The van der Waals surface area contributed by atoms with Crippen LogP contribution in [0.3, 0.4) is 0 Å². The number of likely N-dealkylation sites (N-methyl/N-ethyl adjacent to an activating group) is 1. The summed E-state index contributed by atoms with van der Waals surface area (Å²) in [6.07, 6.45) is 4.82. The standard InChI is InChI=1S/C18H23N5O2/c1-11-20-17(22-21-11)13-7-9-25-15(13)10-23(2)18(24)14-4-3-8-19-16(14)12-5-6-12/h3-4,8,12-13,15H,5-7,9-10H2,1-2H3,(H,20,21,22)/t13-,15-/m1/s1. The lowest BCUT2D eigenvalue weighted by molar-refractivity contribution is 0.0549. The van der Waals surface area contributed by atoms with Crippen molar-refractivity contribution in [3.8, 4) is 0 Å². The van der Waals surface area contributed by atoms with Crippen LogP contribution in [-0.2, 0) is 4.74 Å². The summed E-state index contributed by atoms with van der Waals surface area (Å²) in [5.41, 5.74) is 1.66. The maximum absolute atomic E-state index is 12.9. The monoisotopic (exact) mass is 341 g/mol. The molecule has 7 heteroatoms. The Hall–Kier alpha value is -2.28. The maximum atomic E-state index is 12.9. The van der Waals surface area contributed by atoms with Gasteiger partial charge in [0.15, 0.2) is 5.82 Å². The lowest BCUT2D eigenvalue weighted by Crippen LogP contribution is -2.37. The molecule has 1 aliphatic carbocycles. The highest BCUT2D eigenvalue weighted by atomic mass is 16.5. The van der Waals surface area contributed by atoms with Gasteiger partial charge in [0.1, 0.15) is 5.82 Å². The van der Waals surface area contributed by atoms with Gasteiger partial charge in [-0.15, -0.1) is 0 Å². The summed E-state index contributed by atoms with van der Waals surface area (Å²) in [4.78, 5) is 23.5. The Labute approximate surface area is 146 Å². The summed E-state index contributed by atoms with van der Waals surface area (Å²) in [5.74, 6) is 2.16. The number of nitrogens with one attached hydrogen (secondary N) is 1. The van der Waals surface area contributed by atoms with Crippen LogP contribution in [0.1, 0.15) is 58.8 Å². The molecule has 132 valence electrons. The Morgan fingerprint density at radius 2 is 2.24 bits per heavy atom. The summed E-state index contributed by atoms with van der Waals surface area (Å²) >= 11 is 0. The summed E-state index contributed by atoms with van der Waals surface area (Å²) < 4.78 is 5.87. The minimum Gasteiger partial charge on any atom is -0.376 e. The molecular weight excluding hydrogens is 318 g/mol. The van der Waals surface area contributed by atoms with E-state index < -0.39 is 0 Å². The fraction of sp³-hybridized carbons (Fsp3) is 0.556. The number of hydrogen-bond donors (Lipinski definition) is 1. The third kappa shape index (κ3) is 3.28. The van der Waals surface area contributed by atoms with Crippen molar-refractivity contribution in [2.24, 2.45) is 0 Å². The minimum atomic E-state index is -0.0785. The van der Waals surface area contributed by atoms with E-state index in [1.165, 1.54) is 0 Å². The van der Waals surface area contributed by atoms with Crippen molar-refractivity contribution < 1.29 is 9.53 Å². The van der Waals surface area contributed by atoms with Gasteiger partial charge in [-0.05, 0) is 38.3 Å². The molecule has 0 bridgehead atoms. The zero-order valence-corrected chi connectivity index (χ0v) is 14.6. The van der Waals surface area contributed by atoms with Gasteiger partial charge in [0.05, 0.1) is 23.3 Å². The van der Waals surface area contributed by atoms with Crippen LogP contribution in [0.4, 0.5) is 0 Å². The van der Waals surface area contributed by atoms with Crippen LogP contribution in [0.5, 0.6) is 0 Å². The highest BCUT2D eigenvalue weighted by molar-refractivity contribution is 5.95. The van der Waals surface area contributed by atoms with Crippen molar-refractivity contribution in [3.05, 3.63) is 41.2 Å². The predicted molar refractivity (Wildman–Crippen MR) is 91.4 cm³/mol. The van der Waals surface area contributed by atoms with E-state index in [0.29, 0.717) is 19.1 Å². The lowest BCUT2D eigenvalue weighted by Gasteiger charge is -2.24. The van der Waals surface area contributed by atoms with Crippen molar-refractivity contribution in [2.45, 2.75) is 44.1 Å². The van der Waals surface area contributed by atoms with Crippen LogP contribution in [0.25, 0.3) is 0 Å². The van der Waals surface area contributed by atoms with Gasteiger partial charge in [-0.1, -0.05) is 0 Å².